The molecule has 1 fully saturated rings. The first kappa shape index (κ1) is 12.3. The van der Waals surface area contributed by atoms with Crippen LogP contribution < -0.4 is 10.6 Å². The van der Waals surface area contributed by atoms with Gasteiger partial charge in [0.25, 0.3) is 0 Å². The molecule has 1 aliphatic carbocycles. The molecule has 4 heteroatoms. The van der Waals surface area contributed by atoms with E-state index in [1.54, 1.807) is 12.3 Å². The molecule has 0 spiro atoms. The number of hydrogen-bond donors (Lipinski definition) is 1. The van der Waals surface area contributed by atoms with Gasteiger partial charge in [-0.3, -0.25) is 0 Å². The van der Waals surface area contributed by atoms with Crippen LogP contribution in [-0.2, 0) is 6.54 Å². The summed E-state index contributed by atoms with van der Waals surface area (Å²) in [5, 5.41) is 0. The van der Waals surface area contributed by atoms with Crippen LogP contribution >= 0.6 is 0 Å². The predicted octanol–water partition coefficient (Wildman–Crippen LogP) is 2.31. The van der Waals surface area contributed by atoms with Crippen LogP contribution in [0, 0.1) is 11.7 Å². The van der Waals surface area contributed by atoms with Gasteiger partial charge in [-0.05, 0) is 31.2 Å². The fourth-order valence-electron chi connectivity index (χ4n) is 2.02. The minimum absolute atomic E-state index is 0.227. The number of halogens is 1. The number of anilines is 1. The monoisotopic (exact) mass is 237 g/mol. The van der Waals surface area contributed by atoms with Crippen molar-refractivity contribution < 1.29 is 4.39 Å². The van der Waals surface area contributed by atoms with Crippen molar-refractivity contribution in [3.63, 3.8) is 0 Å². The number of nitrogens with zero attached hydrogens (tertiary/aromatic N) is 2. The molecule has 2 N–H and O–H groups in total. The van der Waals surface area contributed by atoms with E-state index in [0.717, 1.165) is 25.4 Å². The van der Waals surface area contributed by atoms with Gasteiger partial charge in [0.05, 0.1) is 0 Å². The summed E-state index contributed by atoms with van der Waals surface area (Å²) in [5.74, 6) is 0.954. The normalized spacial score (nSPS) is 15.0. The van der Waals surface area contributed by atoms with Crippen molar-refractivity contribution in [1.29, 1.82) is 0 Å². The summed E-state index contributed by atoms with van der Waals surface area (Å²) in [5.41, 5.74) is 6.07. The van der Waals surface area contributed by atoms with E-state index in [0.29, 0.717) is 11.4 Å². The fraction of sp³-hybridized carbons (Fsp3) is 0.615. The summed E-state index contributed by atoms with van der Waals surface area (Å²) in [6, 6.07) is 1.65. The van der Waals surface area contributed by atoms with Crippen LogP contribution in [0.1, 0.15) is 31.7 Å². The van der Waals surface area contributed by atoms with Crippen molar-refractivity contribution in [2.24, 2.45) is 11.7 Å². The summed E-state index contributed by atoms with van der Waals surface area (Å²) >= 11 is 0. The molecule has 0 aromatic carbocycles. The third kappa shape index (κ3) is 2.94. The summed E-state index contributed by atoms with van der Waals surface area (Å²) in [6.07, 6.45) is 5.17. The molecule has 0 saturated heterocycles. The second kappa shape index (κ2) is 5.45. The Morgan fingerprint density at radius 3 is 2.88 bits per heavy atom. The highest BCUT2D eigenvalue weighted by Crippen LogP contribution is 2.32. The van der Waals surface area contributed by atoms with Crippen LogP contribution in [0.3, 0.4) is 0 Å². The van der Waals surface area contributed by atoms with Gasteiger partial charge in [0.15, 0.2) is 11.6 Å². The molecular formula is C13H20FN3. The van der Waals surface area contributed by atoms with E-state index in [4.69, 9.17) is 5.73 Å². The van der Waals surface area contributed by atoms with Crippen LogP contribution in [0.4, 0.5) is 10.2 Å². The highest BCUT2D eigenvalue weighted by atomic mass is 19.1. The molecule has 0 bridgehead atoms. The summed E-state index contributed by atoms with van der Waals surface area (Å²) < 4.78 is 14.1. The van der Waals surface area contributed by atoms with Gasteiger partial charge in [-0.2, -0.15) is 0 Å². The number of nitrogens with two attached hydrogens (primary N) is 1. The lowest BCUT2D eigenvalue weighted by Crippen LogP contribution is -2.28. The second-order valence-electron chi connectivity index (χ2n) is 4.70. The first-order valence-electron chi connectivity index (χ1n) is 6.34. The first-order valence-corrected chi connectivity index (χ1v) is 6.34. The quantitative estimate of drug-likeness (QED) is 0.825. The van der Waals surface area contributed by atoms with E-state index in [2.05, 4.69) is 16.8 Å². The van der Waals surface area contributed by atoms with Crippen molar-refractivity contribution in [3.8, 4) is 0 Å². The Labute approximate surface area is 102 Å². The SMILES string of the molecule is CCCN(CC1CC1)c1nccc(CN)c1F. The Morgan fingerprint density at radius 2 is 2.29 bits per heavy atom. The largest absolute Gasteiger partial charge is 0.354 e. The average molecular weight is 237 g/mol. The van der Waals surface area contributed by atoms with Crippen molar-refractivity contribution in [3.05, 3.63) is 23.6 Å². The molecule has 0 radical (unpaired) electrons. The molecule has 1 saturated carbocycles. The summed E-state index contributed by atoms with van der Waals surface area (Å²) in [7, 11) is 0. The van der Waals surface area contributed by atoms with Crippen molar-refractivity contribution in [2.75, 3.05) is 18.0 Å². The molecule has 94 valence electrons. The van der Waals surface area contributed by atoms with E-state index in [1.165, 1.54) is 12.8 Å². The molecule has 0 aliphatic heterocycles. The van der Waals surface area contributed by atoms with Crippen LogP contribution in [0.5, 0.6) is 0 Å². The van der Waals surface area contributed by atoms with Gasteiger partial charge < -0.3 is 10.6 Å². The number of hydrogen-bond acceptors (Lipinski definition) is 3. The van der Waals surface area contributed by atoms with Gasteiger partial charge >= 0.3 is 0 Å². The van der Waals surface area contributed by atoms with E-state index < -0.39 is 0 Å². The van der Waals surface area contributed by atoms with Crippen LogP contribution in [0.2, 0.25) is 0 Å². The minimum atomic E-state index is -0.246. The Bertz CT molecular complexity index is 377. The molecule has 3 nitrogen and oxygen atoms in total. The van der Waals surface area contributed by atoms with Gasteiger partial charge in [0, 0.05) is 31.4 Å². The zero-order chi connectivity index (χ0) is 12.3. The number of rotatable bonds is 6. The molecule has 2 rings (SSSR count). The topological polar surface area (TPSA) is 42.2 Å². The molecule has 1 aliphatic rings. The van der Waals surface area contributed by atoms with Gasteiger partial charge in [0.2, 0.25) is 0 Å². The lowest BCUT2D eigenvalue weighted by molar-refractivity contribution is 0.585. The maximum absolute atomic E-state index is 14.1. The maximum atomic E-state index is 14.1. The third-order valence-electron chi connectivity index (χ3n) is 3.14. The highest BCUT2D eigenvalue weighted by Gasteiger charge is 2.26. The van der Waals surface area contributed by atoms with Crippen molar-refractivity contribution in [1.82, 2.24) is 4.98 Å². The average Bonchev–Trinajstić information content (AvgIpc) is 3.13. The van der Waals surface area contributed by atoms with E-state index >= 15 is 0 Å². The molecule has 17 heavy (non-hydrogen) atoms. The lowest BCUT2D eigenvalue weighted by atomic mass is 10.2. The van der Waals surface area contributed by atoms with Gasteiger partial charge in [0.1, 0.15) is 0 Å². The molecule has 1 aromatic rings. The molecule has 1 heterocycles. The fourth-order valence-corrected chi connectivity index (χ4v) is 2.02. The Morgan fingerprint density at radius 1 is 1.53 bits per heavy atom. The highest BCUT2D eigenvalue weighted by molar-refractivity contribution is 5.43. The van der Waals surface area contributed by atoms with Gasteiger partial charge in [-0.1, -0.05) is 6.92 Å². The molecular weight excluding hydrogens is 217 g/mol. The third-order valence-corrected chi connectivity index (χ3v) is 3.14. The zero-order valence-corrected chi connectivity index (χ0v) is 10.3. The number of aromatic nitrogens is 1. The first-order chi connectivity index (χ1) is 8.26. The predicted molar refractivity (Wildman–Crippen MR) is 67.3 cm³/mol. The maximum Gasteiger partial charge on any atom is 0.170 e. The molecule has 1 aromatic heterocycles. The Balaban J connectivity index is 2.20. The van der Waals surface area contributed by atoms with Crippen LogP contribution in [0.25, 0.3) is 0 Å². The van der Waals surface area contributed by atoms with Gasteiger partial charge in [-0.25, -0.2) is 9.37 Å². The zero-order valence-electron chi connectivity index (χ0n) is 10.3. The number of pyridine rings is 1. The van der Waals surface area contributed by atoms with E-state index in [1.807, 2.05) is 0 Å². The standard InChI is InChI=1S/C13H20FN3/c1-2-7-17(9-10-3-4-10)13-12(14)11(8-15)5-6-16-13/h5-6,10H,2-4,7-9,15H2,1H3. The molecule has 0 amide bonds. The lowest BCUT2D eigenvalue weighted by Gasteiger charge is -2.24. The van der Waals surface area contributed by atoms with Crippen LogP contribution in [-0.4, -0.2) is 18.1 Å². The smallest absolute Gasteiger partial charge is 0.170 e. The summed E-state index contributed by atoms with van der Waals surface area (Å²) in [4.78, 5) is 6.24. The second-order valence-corrected chi connectivity index (χ2v) is 4.70. The van der Waals surface area contributed by atoms with Gasteiger partial charge in [-0.15, -0.1) is 0 Å². The summed E-state index contributed by atoms with van der Waals surface area (Å²) in [6.45, 7) is 4.11. The molecule has 0 atom stereocenters. The molecule has 0 unspecified atom stereocenters. The van der Waals surface area contributed by atoms with E-state index in [9.17, 15) is 4.39 Å². The van der Waals surface area contributed by atoms with E-state index in [-0.39, 0.29) is 12.4 Å². The van der Waals surface area contributed by atoms with Crippen molar-refractivity contribution >= 4 is 5.82 Å². The Hall–Kier alpha value is -1.16. The van der Waals surface area contributed by atoms with Crippen molar-refractivity contribution in [2.45, 2.75) is 32.7 Å². The van der Waals surface area contributed by atoms with Crippen LogP contribution in [0.15, 0.2) is 12.3 Å². The minimum Gasteiger partial charge on any atom is -0.354 e. The Kier molecular flexibility index (Phi) is 3.94.